The van der Waals surface area contributed by atoms with Gasteiger partial charge in [-0.2, -0.15) is 0 Å². The highest BCUT2D eigenvalue weighted by Crippen LogP contribution is 2.38. The third-order valence-electron chi connectivity index (χ3n) is 5.72. The lowest BCUT2D eigenvalue weighted by Gasteiger charge is -2.36. The quantitative estimate of drug-likeness (QED) is 0.518. The molecule has 9 heteroatoms. The van der Waals surface area contributed by atoms with E-state index in [0.717, 1.165) is 24.8 Å². The van der Waals surface area contributed by atoms with Crippen molar-refractivity contribution in [3.8, 4) is 11.5 Å². The van der Waals surface area contributed by atoms with Crippen molar-refractivity contribution in [2.45, 2.75) is 51.3 Å². The predicted molar refractivity (Wildman–Crippen MR) is 117 cm³/mol. The summed E-state index contributed by atoms with van der Waals surface area (Å²) in [7, 11) is 1.66. The van der Waals surface area contributed by atoms with Gasteiger partial charge in [0.1, 0.15) is 0 Å². The van der Waals surface area contributed by atoms with Crippen LogP contribution in [-0.2, 0) is 14.3 Å². The van der Waals surface area contributed by atoms with E-state index in [1.165, 1.54) is 4.90 Å². The van der Waals surface area contributed by atoms with Gasteiger partial charge in [-0.3, -0.25) is 4.79 Å². The second kappa shape index (κ2) is 11.4. The fourth-order valence-corrected chi connectivity index (χ4v) is 3.90. The van der Waals surface area contributed by atoms with Crippen LogP contribution in [0.5, 0.6) is 11.5 Å². The molecule has 1 saturated heterocycles. The average Bonchev–Trinajstić information content (AvgIpc) is 3.63. The van der Waals surface area contributed by atoms with Gasteiger partial charge in [0.05, 0.1) is 32.4 Å². The fraction of sp³-hybridized carbons (Fsp3) is 0.652. The minimum Gasteiger partial charge on any atom is -0.490 e. The molecule has 1 aliphatic heterocycles. The number of carbonyl (C=O) groups excluding carboxylic acids is 1. The summed E-state index contributed by atoms with van der Waals surface area (Å²) in [5, 5.41) is 9.30. The lowest BCUT2D eigenvalue weighted by atomic mass is 10.0. The van der Waals surface area contributed by atoms with Crippen LogP contribution in [0.15, 0.2) is 18.2 Å². The molecule has 1 aromatic rings. The Kier molecular flexibility index (Phi) is 8.58. The van der Waals surface area contributed by atoms with E-state index >= 15 is 0 Å². The molecule has 1 saturated carbocycles. The highest BCUT2D eigenvalue weighted by molar-refractivity contribution is 5.83. The van der Waals surface area contributed by atoms with Crippen LogP contribution in [-0.4, -0.2) is 85.7 Å². The van der Waals surface area contributed by atoms with Gasteiger partial charge in [0.15, 0.2) is 17.6 Å². The van der Waals surface area contributed by atoms with Gasteiger partial charge in [0, 0.05) is 32.7 Å². The monoisotopic (exact) mass is 450 g/mol. The molecule has 3 rings (SSSR count). The molecule has 9 nitrogen and oxygen atoms in total. The summed E-state index contributed by atoms with van der Waals surface area (Å²) in [5.41, 5.74) is 0.932. The van der Waals surface area contributed by atoms with E-state index in [0.29, 0.717) is 31.3 Å². The van der Waals surface area contributed by atoms with Crippen molar-refractivity contribution in [2.75, 3.05) is 46.6 Å². The Hall–Kier alpha value is -2.52. The summed E-state index contributed by atoms with van der Waals surface area (Å²) in [6, 6.07) is 5.68. The van der Waals surface area contributed by atoms with Crippen LogP contribution < -0.4 is 9.47 Å². The van der Waals surface area contributed by atoms with Crippen molar-refractivity contribution in [3.63, 3.8) is 0 Å². The van der Waals surface area contributed by atoms with Gasteiger partial charge in [0.2, 0.25) is 0 Å². The number of nitrogens with zero attached hydrogens (tertiary/aromatic N) is 2. The first-order chi connectivity index (χ1) is 15.5. The molecule has 2 amide bonds. The number of benzene rings is 1. The van der Waals surface area contributed by atoms with E-state index in [1.807, 2.05) is 36.9 Å². The standard InChI is InChI=1S/C23H34N2O7/c1-4-30-19-9-6-17(14-20(19)31-12-5-11-29-3)16(2)25(18-7-8-18)22(26)21-15-24(23(27)28)10-13-32-21/h6,9,14,16,18,21H,4-5,7-8,10-13,15H2,1-3H3,(H,27,28)/t16-,21-/m1/s1. The van der Waals surface area contributed by atoms with Gasteiger partial charge in [-0.25, -0.2) is 4.79 Å². The summed E-state index contributed by atoms with van der Waals surface area (Å²) < 4.78 is 22.4. The highest BCUT2D eigenvalue weighted by Gasteiger charge is 2.41. The van der Waals surface area contributed by atoms with Crippen LogP contribution >= 0.6 is 0 Å². The van der Waals surface area contributed by atoms with E-state index in [9.17, 15) is 14.7 Å². The molecule has 0 bridgehead atoms. The number of carbonyl (C=O) groups is 2. The maximum atomic E-state index is 13.4. The van der Waals surface area contributed by atoms with E-state index in [2.05, 4.69) is 0 Å². The summed E-state index contributed by atoms with van der Waals surface area (Å²) in [4.78, 5) is 27.8. The van der Waals surface area contributed by atoms with E-state index in [-0.39, 0.29) is 37.7 Å². The summed E-state index contributed by atoms with van der Waals surface area (Å²) in [5.74, 6) is 1.14. The number of methoxy groups -OCH3 is 1. The van der Waals surface area contributed by atoms with Gasteiger partial charge in [0.25, 0.3) is 5.91 Å². The second-order valence-electron chi connectivity index (χ2n) is 8.07. The van der Waals surface area contributed by atoms with E-state index in [4.69, 9.17) is 18.9 Å². The molecule has 0 spiro atoms. The van der Waals surface area contributed by atoms with Crippen molar-refractivity contribution in [3.05, 3.63) is 23.8 Å². The Morgan fingerprint density at radius 3 is 2.69 bits per heavy atom. The zero-order chi connectivity index (χ0) is 23.1. The second-order valence-corrected chi connectivity index (χ2v) is 8.07. The van der Waals surface area contributed by atoms with Gasteiger partial charge < -0.3 is 33.9 Å². The van der Waals surface area contributed by atoms with Crippen LogP contribution in [0, 0.1) is 0 Å². The van der Waals surface area contributed by atoms with Crippen molar-refractivity contribution in [1.29, 1.82) is 0 Å². The molecule has 1 aromatic carbocycles. The topological polar surface area (TPSA) is 97.8 Å². The Balaban J connectivity index is 1.77. The molecule has 32 heavy (non-hydrogen) atoms. The molecule has 0 radical (unpaired) electrons. The maximum absolute atomic E-state index is 13.4. The first-order valence-corrected chi connectivity index (χ1v) is 11.3. The van der Waals surface area contributed by atoms with Crippen LogP contribution in [0.4, 0.5) is 4.79 Å². The number of hydrogen-bond donors (Lipinski definition) is 1. The summed E-state index contributed by atoms with van der Waals surface area (Å²) in [6.45, 7) is 6.09. The lowest BCUT2D eigenvalue weighted by Crippen LogP contribution is -2.53. The van der Waals surface area contributed by atoms with Crippen molar-refractivity contribution in [2.24, 2.45) is 0 Å². The largest absolute Gasteiger partial charge is 0.490 e. The van der Waals surface area contributed by atoms with Gasteiger partial charge in [-0.15, -0.1) is 0 Å². The number of ether oxygens (including phenoxy) is 4. The third-order valence-corrected chi connectivity index (χ3v) is 5.72. The van der Waals surface area contributed by atoms with Crippen LogP contribution in [0.2, 0.25) is 0 Å². The smallest absolute Gasteiger partial charge is 0.407 e. The molecule has 2 atom stereocenters. The highest BCUT2D eigenvalue weighted by atomic mass is 16.5. The predicted octanol–water partition coefficient (Wildman–Crippen LogP) is 2.93. The molecule has 2 aliphatic rings. The lowest BCUT2D eigenvalue weighted by molar-refractivity contribution is -0.151. The molecule has 1 N–H and O–H groups in total. The van der Waals surface area contributed by atoms with E-state index < -0.39 is 12.2 Å². The number of rotatable bonds is 11. The number of carboxylic acid groups (broad SMARTS) is 1. The van der Waals surface area contributed by atoms with Crippen molar-refractivity contribution in [1.82, 2.24) is 9.80 Å². The number of amides is 2. The van der Waals surface area contributed by atoms with Crippen LogP contribution in [0.3, 0.4) is 0 Å². The SMILES string of the molecule is CCOc1ccc([C@@H](C)N(C(=O)[C@H]2CN(C(=O)O)CCO2)C2CC2)cc1OCCCOC. The molecule has 0 aromatic heterocycles. The van der Waals surface area contributed by atoms with Crippen molar-refractivity contribution < 1.29 is 33.6 Å². The van der Waals surface area contributed by atoms with E-state index in [1.54, 1.807) is 7.11 Å². The molecule has 1 heterocycles. The van der Waals surface area contributed by atoms with Crippen molar-refractivity contribution >= 4 is 12.0 Å². The first kappa shape index (κ1) is 24.1. The number of hydrogen-bond acceptors (Lipinski definition) is 6. The zero-order valence-electron chi connectivity index (χ0n) is 19.1. The minimum absolute atomic E-state index is 0.0568. The van der Waals surface area contributed by atoms with Crippen LogP contribution in [0.1, 0.15) is 44.7 Å². The zero-order valence-corrected chi connectivity index (χ0v) is 19.1. The molecule has 0 unspecified atom stereocenters. The fourth-order valence-electron chi connectivity index (χ4n) is 3.90. The Bertz CT molecular complexity index is 784. The maximum Gasteiger partial charge on any atom is 0.407 e. The summed E-state index contributed by atoms with van der Waals surface area (Å²) >= 11 is 0. The Labute approximate surface area is 189 Å². The van der Waals surface area contributed by atoms with Gasteiger partial charge in [-0.05, 0) is 44.4 Å². The molecular weight excluding hydrogens is 416 g/mol. The Morgan fingerprint density at radius 2 is 2.03 bits per heavy atom. The number of morpholine rings is 1. The summed E-state index contributed by atoms with van der Waals surface area (Å²) in [6.07, 6.45) is 0.813. The average molecular weight is 451 g/mol. The van der Waals surface area contributed by atoms with Gasteiger partial charge in [-0.1, -0.05) is 6.07 Å². The molecule has 178 valence electrons. The van der Waals surface area contributed by atoms with Crippen LogP contribution in [0.25, 0.3) is 0 Å². The Morgan fingerprint density at radius 1 is 1.25 bits per heavy atom. The third kappa shape index (κ3) is 6.04. The molecule has 2 fully saturated rings. The van der Waals surface area contributed by atoms with Gasteiger partial charge >= 0.3 is 6.09 Å². The molecule has 1 aliphatic carbocycles. The first-order valence-electron chi connectivity index (χ1n) is 11.3. The minimum atomic E-state index is -1.03. The molecular formula is C23H34N2O7. The normalized spacial score (nSPS) is 19.3.